The molecule has 136 valence electrons. The van der Waals surface area contributed by atoms with Crippen molar-refractivity contribution < 1.29 is 0 Å². The second kappa shape index (κ2) is 7.52. The third-order valence-electron chi connectivity index (χ3n) is 5.39. The van der Waals surface area contributed by atoms with Gasteiger partial charge in [0.15, 0.2) is 0 Å². The van der Waals surface area contributed by atoms with Crippen LogP contribution in [0.2, 0.25) is 0 Å². The van der Waals surface area contributed by atoms with Crippen LogP contribution in [-0.4, -0.2) is 4.98 Å². The molecule has 0 radical (unpaired) electrons. The first-order valence-electron chi connectivity index (χ1n) is 9.96. The van der Waals surface area contributed by atoms with Crippen molar-refractivity contribution in [3.05, 3.63) is 94.8 Å². The Morgan fingerprint density at radius 3 is 2.48 bits per heavy atom. The van der Waals surface area contributed by atoms with Crippen molar-refractivity contribution >= 4 is 5.57 Å². The molecule has 1 aliphatic rings. The molecule has 0 aliphatic heterocycles. The van der Waals surface area contributed by atoms with Crippen LogP contribution in [0.4, 0.5) is 0 Å². The molecule has 1 aliphatic carbocycles. The number of aryl methyl sites for hydroxylation is 2. The van der Waals surface area contributed by atoms with Crippen LogP contribution >= 0.6 is 0 Å². The summed E-state index contributed by atoms with van der Waals surface area (Å²) in [6.45, 7) is 6.71. The number of pyridine rings is 1. The molecule has 0 fully saturated rings. The van der Waals surface area contributed by atoms with Gasteiger partial charge in [-0.25, -0.2) is 0 Å². The zero-order valence-corrected chi connectivity index (χ0v) is 16.5. The number of hydrogen-bond donors (Lipinski definition) is 0. The number of benzene rings is 2. The Kier molecular flexibility index (Phi) is 4.94. The van der Waals surface area contributed by atoms with Crippen molar-refractivity contribution in [2.24, 2.45) is 5.92 Å². The van der Waals surface area contributed by atoms with Crippen LogP contribution in [0, 0.1) is 12.8 Å². The van der Waals surface area contributed by atoms with Gasteiger partial charge in [-0.15, -0.1) is 0 Å². The van der Waals surface area contributed by atoms with Gasteiger partial charge < -0.3 is 0 Å². The van der Waals surface area contributed by atoms with Crippen molar-refractivity contribution in [1.82, 2.24) is 4.98 Å². The molecule has 0 saturated heterocycles. The van der Waals surface area contributed by atoms with E-state index in [0.717, 1.165) is 18.8 Å². The second-order valence-corrected chi connectivity index (χ2v) is 8.04. The summed E-state index contributed by atoms with van der Waals surface area (Å²) in [6.07, 6.45) is 7.65. The maximum Gasteiger partial charge on any atom is 0.0520 e. The maximum atomic E-state index is 4.76. The Morgan fingerprint density at radius 2 is 1.74 bits per heavy atom. The monoisotopic (exact) mass is 353 g/mol. The lowest BCUT2D eigenvalue weighted by Gasteiger charge is -2.10. The normalized spacial score (nSPS) is 13.0. The van der Waals surface area contributed by atoms with Crippen LogP contribution in [0.15, 0.2) is 66.9 Å². The molecule has 0 unspecified atom stereocenters. The van der Waals surface area contributed by atoms with Gasteiger partial charge in [-0.1, -0.05) is 74.0 Å². The fourth-order valence-electron chi connectivity index (χ4n) is 3.76. The van der Waals surface area contributed by atoms with Gasteiger partial charge in [-0.3, -0.25) is 4.98 Å². The number of nitrogens with zero attached hydrogens (tertiary/aromatic N) is 1. The number of hydrogen-bond acceptors (Lipinski definition) is 1. The van der Waals surface area contributed by atoms with E-state index >= 15 is 0 Å². The highest BCUT2D eigenvalue weighted by Crippen LogP contribution is 2.34. The van der Waals surface area contributed by atoms with Gasteiger partial charge in [0, 0.05) is 23.7 Å². The first-order chi connectivity index (χ1) is 13.1. The number of rotatable bonds is 5. The summed E-state index contributed by atoms with van der Waals surface area (Å²) in [5.74, 6) is 0.748. The van der Waals surface area contributed by atoms with Gasteiger partial charge in [0.25, 0.3) is 0 Å². The summed E-state index contributed by atoms with van der Waals surface area (Å²) in [7, 11) is 0. The van der Waals surface area contributed by atoms with Crippen molar-refractivity contribution in [3.63, 3.8) is 0 Å². The molecule has 0 spiro atoms. The van der Waals surface area contributed by atoms with Gasteiger partial charge in [-0.05, 0) is 54.0 Å². The van der Waals surface area contributed by atoms with E-state index in [1.807, 2.05) is 6.20 Å². The molecule has 1 nitrogen and oxygen atoms in total. The smallest absolute Gasteiger partial charge is 0.0520 e. The highest BCUT2D eigenvalue weighted by molar-refractivity contribution is 5.86. The summed E-state index contributed by atoms with van der Waals surface area (Å²) in [4.78, 5) is 4.76. The molecule has 1 heteroatoms. The maximum absolute atomic E-state index is 4.76. The van der Waals surface area contributed by atoms with E-state index < -0.39 is 0 Å². The second-order valence-electron chi connectivity index (χ2n) is 8.04. The molecule has 2 aromatic carbocycles. The van der Waals surface area contributed by atoms with Crippen molar-refractivity contribution in [2.75, 3.05) is 0 Å². The lowest BCUT2D eigenvalue weighted by Crippen LogP contribution is -1.94. The highest BCUT2D eigenvalue weighted by atomic mass is 14.7. The highest BCUT2D eigenvalue weighted by Gasteiger charge is 2.18. The molecule has 0 N–H and O–H groups in total. The topological polar surface area (TPSA) is 12.9 Å². The SMILES string of the molecule is Cc1cccc(C2=CCc3ncc(-c4ccc(CCC(C)C)cc4)cc32)c1. The standard InChI is InChI=1S/C26H27N/c1-18(2)7-8-20-9-11-21(12-10-20)23-16-25-24(13-14-26(25)27-17-23)22-6-4-5-19(3)15-22/h4-6,9-13,15-18H,7-8,14H2,1-3H3. The lowest BCUT2D eigenvalue weighted by atomic mass is 9.96. The lowest BCUT2D eigenvalue weighted by molar-refractivity contribution is 0.587. The van der Waals surface area contributed by atoms with Crippen LogP contribution in [-0.2, 0) is 12.8 Å². The first kappa shape index (κ1) is 17.7. The van der Waals surface area contributed by atoms with E-state index in [4.69, 9.17) is 4.98 Å². The van der Waals surface area contributed by atoms with E-state index in [-0.39, 0.29) is 0 Å². The van der Waals surface area contributed by atoms with E-state index in [9.17, 15) is 0 Å². The molecule has 1 heterocycles. The summed E-state index contributed by atoms with van der Waals surface area (Å²) in [5.41, 5.74) is 10.2. The van der Waals surface area contributed by atoms with Gasteiger partial charge in [0.1, 0.15) is 0 Å². The summed E-state index contributed by atoms with van der Waals surface area (Å²) in [6, 6.07) is 20.1. The average molecular weight is 354 g/mol. The van der Waals surface area contributed by atoms with Crippen molar-refractivity contribution in [3.8, 4) is 11.1 Å². The number of allylic oxidation sites excluding steroid dienone is 1. The van der Waals surface area contributed by atoms with Crippen LogP contribution in [0.1, 0.15) is 48.2 Å². The molecule has 0 atom stereocenters. The van der Waals surface area contributed by atoms with Crippen LogP contribution in [0.3, 0.4) is 0 Å². The van der Waals surface area contributed by atoms with E-state index in [0.29, 0.717) is 0 Å². The van der Waals surface area contributed by atoms with Gasteiger partial charge in [0.2, 0.25) is 0 Å². The molecule has 1 aromatic heterocycles. The van der Waals surface area contributed by atoms with Gasteiger partial charge >= 0.3 is 0 Å². The molecule has 4 rings (SSSR count). The predicted molar refractivity (Wildman–Crippen MR) is 115 cm³/mol. The average Bonchev–Trinajstić information content (AvgIpc) is 3.10. The Bertz CT molecular complexity index is 977. The molecule has 27 heavy (non-hydrogen) atoms. The van der Waals surface area contributed by atoms with Crippen LogP contribution in [0.5, 0.6) is 0 Å². The van der Waals surface area contributed by atoms with E-state index in [1.54, 1.807) is 0 Å². The van der Waals surface area contributed by atoms with Gasteiger partial charge in [-0.2, -0.15) is 0 Å². The molecule has 3 aromatic rings. The third-order valence-corrected chi connectivity index (χ3v) is 5.39. The predicted octanol–water partition coefficient (Wildman–Crippen LogP) is 6.63. The largest absolute Gasteiger partial charge is 0.260 e. The van der Waals surface area contributed by atoms with E-state index in [1.165, 1.54) is 51.1 Å². The zero-order valence-electron chi connectivity index (χ0n) is 16.5. The minimum absolute atomic E-state index is 0.748. The molecular weight excluding hydrogens is 326 g/mol. The van der Waals surface area contributed by atoms with Crippen molar-refractivity contribution in [2.45, 2.75) is 40.0 Å². The van der Waals surface area contributed by atoms with Crippen molar-refractivity contribution in [1.29, 1.82) is 0 Å². The Hall–Kier alpha value is -2.67. The number of fused-ring (bicyclic) bond motifs is 1. The van der Waals surface area contributed by atoms with E-state index in [2.05, 4.69) is 81.4 Å². The number of aromatic nitrogens is 1. The summed E-state index contributed by atoms with van der Waals surface area (Å²) >= 11 is 0. The molecule has 0 bridgehead atoms. The third kappa shape index (κ3) is 3.88. The summed E-state index contributed by atoms with van der Waals surface area (Å²) in [5, 5.41) is 0. The fourth-order valence-corrected chi connectivity index (χ4v) is 3.76. The van der Waals surface area contributed by atoms with Gasteiger partial charge in [0.05, 0.1) is 5.69 Å². The first-order valence-corrected chi connectivity index (χ1v) is 9.96. The quantitative estimate of drug-likeness (QED) is 0.501. The van der Waals surface area contributed by atoms with Crippen LogP contribution in [0.25, 0.3) is 16.7 Å². The Balaban J connectivity index is 1.62. The minimum atomic E-state index is 0.748. The Labute approximate surface area is 162 Å². The molecule has 0 saturated carbocycles. The Morgan fingerprint density at radius 1 is 0.926 bits per heavy atom. The van der Waals surface area contributed by atoms with Crippen LogP contribution < -0.4 is 0 Å². The summed E-state index contributed by atoms with van der Waals surface area (Å²) < 4.78 is 0. The zero-order chi connectivity index (χ0) is 18.8. The fraction of sp³-hybridized carbons (Fsp3) is 0.269. The molecule has 0 amide bonds. The minimum Gasteiger partial charge on any atom is -0.260 e. The molecular formula is C26H27N.